The van der Waals surface area contributed by atoms with Crippen molar-refractivity contribution in [1.82, 2.24) is 4.57 Å². The molecule has 3 aromatic rings. The molecule has 4 rings (SSSR count). The van der Waals surface area contributed by atoms with E-state index in [0.717, 1.165) is 23.5 Å². The minimum absolute atomic E-state index is 0.0847. The fourth-order valence-electron chi connectivity index (χ4n) is 2.60. The molecular formula is C21H13Cl2NO4S2. The van der Waals surface area contributed by atoms with Gasteiger partial charge < -0.3 is 14.0 Å². The van der Waals surface area contributed by atoms with Crippen LogP contribution in [0.2, 0.25) is 10.3 Å². The van der Waals surface area contributed by atoms with Crippen LogP contribution in [0.3, 0.4) is 0 Å². The van der Waals surface area contributed by atoms with Crippen molar-refractivity contribution in [3.05, 3.63) is 80.8 Å². The number of aromatic nitrogens is 1. The monoisotopic (exact) mass is 477 g/mol. The topological polar surface area (TPSA) is 57.5 Å². The van der Waals surface area contributed by atoms with E-state index in [4.69, 9.17) is 32.7 Å². The van der Waals surface area contributed by atoms with Crippen LogP contribution in [0.25, 0.3) is 0 Å². The van der Waals surface area contributed by atoms with Gasteiger partial charge in [-0.15, -0.1) is 0 Å². The number of esters is 2. The maximum absolute atomic E-state index is 12.9. The summed E-state index contributed by atoms with van der Waals surface area (Å²) in [6.45, 7) is 0. The van der Waals surface area contributed by atoms with Crippen molar-refractivity contribution in [2.75, 3.05) is 0 Å². The predicted molar refractivity (Wildman–Crippen MR) is 118 cm³/mol. The Morgan fingerprint density at radius 3 is 1.47 bits per heavy atom. The summed E-state index contributed by atoms with van der Waals surface area (Å²) in [4.78, 5) is 27.2. The molecule has 0 radical (unpaired) electrons. The molecule has 0 aliphatic carbocycles. The van der Waals surface area contributed by atoms with E-state index in [1.165, 1.54) is 0 Å². The molecule has 1 aromatic heterocycles. The van der Waals surface area contributed by atoms with Crippen molar-refractivity contribution in [3.63, 3.8) is 0 Å². The summed E-state index contributed by atoms with van der Waals surface area (Å²) < 4.78 is 12.5. The van der Waals surface area contributed by atoms with Crippen LogP contribution in [0, 0.1) is 0 Å². The SMILES string of the molecule is Cn1c(Cl)c2c(c1Cl)SC(C(=O)Oc1ccccc1)=C(C(=O)Oc1ccccc1)S2. The number of hydrogen-bond acceptors (Lipinski definition) is 6. The molecule has 9 heteroatoms. The van der Waals surface area contributed by atoms with Crippen LogP contribution in [0.4, 0.5) is 0 Å². The smallest absolute Gasteiger partial charge is 0.351 e. The molecule has 5 nitrogen and oxygen atoms in total. The summed E-state index contributed by atoms with van der Waals surface area (Å²) >= 11 is 14.8. The van der Waals surface area contributed by atoms with Crippen LogP contribution in [0.1, 0.15) is 0 Å². The van der Waals surface area contributed by atoms with Gasteiger partial charge in [-0.05, 0) is 24.3 Å². The minimum atomic E-state index is -0.680. The number of thioether (sulfide) groups is 2. The third kappa shape index (κ3) is 4.11. The second kappa shape index (κ2) is 8.81. The van der Waals surface area contributed by atoms with Crippen LogP contribution in [0.15, 0.2) is 80.3 Å². The zero-order valence-corrected chi connectivity index (χ0v) is 18.6. The largest absolute Gasteiger partial charge is 0.423 e. The van der Waals surface area contributed by atoms with Gasteiger partial charge in [0.15, 0.2) is 0 Å². The molecule has 0 saturated heterocycles. The Morgan fingerprint density at radius 1 is 0.733 bits per heavy atom. The lowest BCUT2D eigenvalue weighted by Gasteiger charge is -2.18. The molecule has 2 aromatic carbocycles. The molecule has 1 aliphatic heterocycles. The van der Waals surface area contributed by atoms with E-state index in [1.807, 2.05) is 12.1 Å². The van der Waals surface area contributed by atoms with Gasteiger partial charge in [-0.25, -0.2) is 9.59 Å². The van der Waals surface area contributed by atoms with Gasteiger partial charge in [0.25, 0.3) is 0 Å². The number of rotatable bonds is 4. The summed E-state index contributed by atoms with van der Waals surface area (Å²) in [5.74, 6) is -0.639. The highest BCUT2D eigenvalue weighted by molar-refractivity contribution is 8.10. The third-order valence-electron chi connectivity index (χ3n) is 4.06. The predicted octanol–water partition coefficient (Wildman–Crippen LogP) is 5.95. The summed E-state index contributed by atoms with van der Waals surface area (Å²) in [6.07, 6.45) is 0. The first-order valence-corrected chi connectivity index (χ1v) is 11.0. The fraction of sp³-hybridized carbons (Fsp3) is 0.0476. The molecule has 0 saturated carbocycles. The molecule has 0 atom stereocenters. The van der Waals surface area contributed by atoms with Crippen molar-refractivity contribution in [3.8, 4) is 11.5 Å². The molecule has 0 amide bonds. The molecule has 2 heterocycles. The number of ether oxygens (including phenoxy) is 2. The summed E-state index contributed by atoms with van der Waals surface area (Å²) in [5, 5.41) is 0.737. The van der Waals surface area contributed by atoms with Crippen molar-refractivity contribution in [2.24, 2.45) is 7.05 Å². The van der Waals surface area contributed by atoms with E-state index in [0.29, 0.717) is 31.6 Å². The van der Waals surface area contributed by atoms with E-state index < -0.39 is 11.9 Å². The first-order valence-electron chi connectivity index (χ1n) is 8.64. The second-order valence-corrected chi connectivity index (χ2v) is 8.82. The Balaban J connectivity index is 1.71. The zero-order chi connectivity index (χ0) is 21.3. The quantitative estimate of drug-likeness (QED) is 0.341. The number of fused-ring (bicyclic) bond motifs is 1. The van der Waals surface area contributed by atoms with Gasteiger partial charge in [0.2, 0.25) is 0 Å². The number of carbonyl (C=O) groups excluding carboxylic acids is 2. The third-order valence-corrected chi connectivity index (χ3v) is 7.78. The maximum Gasteiger partial charge on any atom is 0.351 e. The Bertz CT molecular complexity index is 1070. The molecule has 0 spiro atoms. The summed E-state index contributed by atoms with van der Waals surface area (Å²) in [5.41, 5.74) is 0. The van der Waals surface area contributed by atoms with Gasteiger partial charge in [0, 0.05) is 7.05 Å². The van der Waals surface area contributed by atoms with Gasteiger partial charge in [-0.3, -0.25) is 0 Å². The molecule has 0 unspecified atom stereocenters. The van der Waals surface area contributed by atoms with Crippen LogP contribution in [-0.2, 0) is 16.6 Å². The number of hydrogen-bond donors (Lipinski definition) is 0. The van der Waals surface area contributed by atoms with E-state index >= 15 is 0 Å². The van der Waals surface area contributed by atoms with Gasteiger partial charge in [-0.1, -0.05) is 83.1 Å². The average molecular weight is 478 g/mol. The number of benzene rings is 2. The minimum Gasteiger partial charge on any atom is -0.423 e. The number of carbonyl (C=O) groups is 2. The Hall–Kier alpha value is -2.32. The number of para-hydroxylation sites is 2. The number of nitrogens with zero attached hydrogens (tertiary/aromatic N) is 1. The van der Waals surface area contributed by atoms with Crippen LogP contribution in [0.5, 0.6) is 11.5 Å². The lowest BCUT2D eigenvalue weighted by molar-refractivity contribution is -0.132. The van der Waals surface area contributed by atoms with E-state index in [1.54, 1.807) is 60.1 Å². The average Bonchev–Trinajstić information content (AvgIpc) is 2.98. The highest BCUT2D eigenvalue weighted by atomic mass is 35.5. The Morgan fingerprint density at radius 2 is 1.10 bits per heavy atom. The van der Waals surface area contributed by atoms with Crippen molar-refractivity contribution >= 4 is 58.7 Å². The molecule has 30 heavy (non-hydrogen) atoms. The standard InChI is InChI=1S/C21H13Cl2NO4S2/c1-24-18(22)14-15(19(24)23)30-17(21(26)28-13-10-6-3-7-11-13)16(29-14)20(25)27-12-8-4-2-5-9-12/h2-11H,1H3. The first-order chi connectivity index (χ1) is 14.5. The van der Waals surface area contributed by atoms with Crippen molar-refractivity contribution in [2.45, 2.75) is 9.79 Å². The van der Waals surface area contributed by atoms with E-state index in [2.05, 4.69) is 0 Å². The lowest BCUT2D eigenvalue weighted by Crippen LogP contribution is -2.18. The highest BCUT2D eigenvalue weighted by Gasteiger charge is 2.36. The van der Waals surface area contributed by atoms with Gasteiger partial charge >= 0.3 is 11.9 Å². The summed E-state index contributed by atoms with van der Waals surface area (Å²) in [7, 11) is 1.70. The zero-order valence-electron chi connectivity index (χ0n) is 15.4. The van der Waals surface area contributed by atoms with Crippen molar-refractivity contribution in [1.29, 1.82) is 0 Å². The van der Waals surface area contributed by atoms with Gasteiger partial charge in [-0.2, -0.15) is 0 Å². The van der Waals surface area contributed by atoms with Crippen LogP contribution >= 0.6 is 46.7 Å². The molecule has 0 fully saturated rings. The summed E-state index contributed by atoms with van der Waals surface area (Å²) in [6, 6.07) is 17.2. The van der Waals surface area contributed by atoms with Gasteiger partial charge in [0.05, 0.1) is 9.79 Å². The molecule has 0 bridgehead atoms. The highest BCUT2D eigenvalue weighted by Crippen LogP contribution is 2.54. The van der Waals surface area contributed by atoms with Crippen LogP contribution < -0.4 is 9.47 Å². The van der Waals surface area contributed by atoms with Gasteiger partial charge in [0.1, 0.15) is 31.6 Å². The molecule has 0 N–H and O–H groups in total. The normalized spacial score (nSPS) is 13.0. The Labute approximate surface area is 190 Å². The Kier molecular flexibility index (Phi) is 6.15. The van der Waals surface area contributed by atoms with Crippen LogP contribution in [-0.4, -0.2) is 16.5 Å². The second-order valence-electron chi connectivity index (χ2n) is 6.07. The lowest BCUT2D eigenvalue weighted by atomic mass is 10.3. The molecule has 1 aliphatic rings. The molecular weight excluding hydrogens is 465 g/mol. The molecule has 152 valence electrons. The van der Waals surface area contributed by atoms with E-state index in [-0.39, 0.29) is 9.81 Å². The van der Waals surface area contributed by atoms with E-state index in [9.17, 15) is 9.59 Å². The maximum atomic E-state index is 12.9. The van der Waals surface area contributed by atoms with Crippen molar-refractivity contribution < 1.29 is 19.1 Å². The fourth-order valence-corrected chi connectivity index (χ4v) is 5.68. The first kappa shape index (κ1) is 20.9. The number of halogens is 2.